The van der Waals surface area contributed by atoms with Gasteiger partial charge in [-0.3, -0.25) is 9.59 Å². The molecule has 0 fully saturated rings. The van der Waals surface area contributed by atoms with Gasteiger partial charge in [-0.1, -0.05) is 23.4 Å². The number of hydrogen-bond acceptors (Lipinski definition) is 6. The summed E-state index contributed by atoms with van der Waals surface area (Å²) in [5.41, 5.74) is 0.810. The third kappa shape index (κ3) is 3.15. The van der Waals surface area contributed by atoms with Crippen LogP contribution < -0.4 is 5.56 Å². The first-order chi connectivity index (χ1) is 11.5. The molecule has 0 aliphatic heterocycles. The van der Waals surface area contributed by atoms with Crippen molar-refractivity contribution >= 4 is 40.4 Å². The van der Waals surface area contributed by atoms with Crippen molar-refractivity contribution in [2.24, 2.45) is 0 Å². The van der Waals surface area contributed by atoms with E-state index < -0.39 is 11.2 Å². The molecule has 1 N–H and O–H groups in total. The highest BCUT2D eigenvalue weighted by Crippen LogP contribution is 2.22. The number of methoxy groups -OCH3 is 1. The van der Waals surface area contributed by atoms with Crippen molar-refractivity contribution in [1.82, 2.24) is 19.7 Å². The van der Waals surface area contributed by atoms with E-state index in [9.17, 15) is 9.59 Å². The standard InChI is InChI=1S/C15H13ClN4O3S/c1-8(14(22)23-2)24-15-18-12-11(13(21)19-15)7-17-20(12)10-5-3-9(16)4-6-10/h3-8H,1-2H3,(H,18,19,21)/t8-/m1/s1. The molecule has 3 aromatic rings. The average molecular weight is 365 g/mol. The van der Waals surface area contributed by atoms with Crippen molar-refractivity contribution in [2.75, 3.05) is 7.11 Å². The molecule has 24 heavy (non-hydrogen) atoms. The number of halogens is 1. The van der Waals surface area contributed by atoms with E-state index in [2.05, 4.69) is 19.8 Å². The van der Waals surface area contributed by atoms with Gasteiger partial charge in [0, 0.05) is 5.02 Å². The molecule has 7 nitrogen and oxygen atoms in total. The fraction of sp³-hybridized carbons (Fsp3) is 0.200. The van der Waals surface area contributed by atoms with E-state index in [-0.39, 0.29) is 5.56 Å². The lowest BCUT2D eigenvalue weighted by atomic mass is 10.3. The summed E-state index contributed by atoms with van der Waals surface area (Å²) in [4.78, 5) is 30.8. The largest absolute Gasteiger partial charge is 0.468 e. The fourth-order valence-electron chi connectivity index (χ4n) is 2.11. The molecule has 0 radical (unpaired) electrons. The van der Waals surface area contributed by atoms with Gasteiger partial charge >= 0.3 is 5.97 Å². The van der Waals surface area contributed by atoms with Gasteiger partial charge in [0.2, 0.25) is 0 Å². The molecule has 0 amide bonds. The van der Waals surface area contributed by atoms with Crippen LogP contribution in [0.25, 0.3) is 16.7 Å². The second-order valence-corrected chi connectivity index (χ2v) is 6.69. The van der Waals surface area contributed by atoms with Crippen LogP contribution in [0.5, 0.6) is 0 Å². The predicted molar refractivity (Wildman–Crippen MR) is 91.8 cm³/mol. The van der Waals surface area contributed by atoms with E-state index in [0.717, 1.165) is 17.4 Å². The minimum Gasteiger partial charge on any atom is -0.468 e. The summed E-state index contributed by atoms with van der Waals surface area (Å²) in [5.74, 6) is -0.394. The lowest BCUT2D eigenvalue weighted by Crippen LogP contribution is -2.17. The third-order valence-corrected chi connectivity index (χ3v) is 4.52. The van der Waals surface area contributed by atoms with E-state index in [1.165, 1.54) is 13.3 Å². The van der Waals surface area contributed by atoms with Gasteiger partial charge in [-0.05, 0) is 31.2 Å². The first-order valence-electron chi connectivity index (χ1n) is 6.98. The Morgan fingerprint density at radius 3 is 2.75 bits per heavy atom. The van der Waals surface area contributed by atoms with Gasteiger partial charge < -0.3 is 9.72 Å². The van der Waals surface area contributed by atoms with E-state index in [1.807, 2.05) is 0 Å². The maximum absolute atomic E-state index is 12.2. The minimum absolute atomic E-state index is 0.320. The van der Waals surface area contributed by atoms with Gasteiger partial charge in [0.05, 0.1) is 19.0 Å². The zero-order chi connectivity index (χ0) is 17.3. The first kappa shape index (κ1) is 16.5. The Balaban J connectivity index is 2.05. The molecule has 1 aromatic carbocycles. The number of nitrogens with zero attached hydrogens (tertiary/aromatic N) is 3. The van der Waals surface area contributed by atoms with Crippen LogP contribution >= 0.6 is 23.4 Å². The van der Waals surface area contributed by atoms with Crippen molar-refractivity contribution in [1.29, 1.82) is 0 Å². The van der Waals surface area contributed by atoms with Gasteiger partial charge in [-0.2, -0.15) is 5.10 Å². The molecule has 3 rings (SSSR count). The van der Waals surface area contributed by atoms with Gasteiger partial charge in [-0.25, -0.2) is 9.67 Å². The van der Waals surface area contributed by atoms with E-state index in [0.29, 0.717) is 21.2 Å². The monoisotopic (exact) mass is 364 g/mol. The van der Waals surface area contributed by atoms with Crippen LogP contribution in [0.2, 0.25) is 5.02 Å². The number of fused-ring (bicyclic) bond motifs is 1. The summed E-state index contributed by atoms with van der Waals surface area (Å²) in [7, 11) is 1.31. The first-order valence-corrected chi connectivity index (χ1v) is 8.24. The van der Waals surface area contributed by atoms with Gasteiger partial charge in [0.1, 0.15) is 10.6 Å². The van der Waals surface area contributed by atoms with Gasteiger partial charge in [0.25, 0.3) is 5.56 Å². The molecule has 9 heteroatoms. The number of benzene rings is 1. The van der Waals surface area contributed by atoms with Crippen LogP contribution in [0.3, 0.4) is 0 Å². The summed E-state index contributed by atoms with van der Waals surface area (Å²) in [6, 6.07) is 7.02. The Kier molecular flexibility index (Phi) is 4.59. The number of carbonyl (C=O) groups excluding carboxylic acids is 1. The number of rotatable bonds is 4. The summed E-state index contributed by atoms with van der Waals surface area (Å²) < 4.78 is 6.23. The number of aromatic amines is 1. The van der Waals surface area contributed by atoms with Crippen LogP contribution in [-0.4, -0.2) is 38.1 Å². The summed E-state index contributed by atoms with van der Waals surface area (Å²) in [6.07, 6.45) is 1.45. The molecular formula is C15H13ClN4O3S. The third-order valence-electron chi connectivity index (χ3n) is 3.31. The number of aromatic nitrogens is 4. The fourth-order valence-corrected chi connectivity index (χ4v) is 3.05. The number of nitrogens with one attached hydrogen (secondary N) is 1. The number of esters is 1. The zero-order valence-electron chi connectivity index (χ0n) is 12.8. The second-order valence-electron chi connectivity index (χ2n) is 4.92. The Hall–Kier alpha value is -2.32. The molecule has 2 aromatic heterocycles. The molecule has 0 spiro atoms. The Morgan fingerprint density at radius 1 is 1.38 bits per heavy atom. The van der Waals surface area contributed by atoms with Crippen LogP contribution in [0.4, 0.5) is 0 Å². The van der Waals surface area contributed by atoms with E-state index in [1.54, 1.807) is 35.9 Å². The Labute approximate surface area is 146 Å². The normalized spacial score (nSPS) is 12.3. The van der Waals surface area contributed by atoms with Crippen molar-refractivity contribution in [3.63, 3.8) is 0 Å². The molecule has 0 saturated heterocycles. The number of H-pyrrole nitrogens is 1. The lowest BCUT2D eigenvalue weighted by Gasteiger charge is -2.08. The van der Waals surface area contributed by atoms with E-state index >= 15 is 0 Å². The van der Waals surface area contributed by atoms with E-state index in [4.69, 9.17) is 11.6 Å². The SMILES string of the molecule is COC(=O)[C@@H](C)Sc1nc2c(cnn2-c2ccc(Cl)cc2)c(=O)[nH]1. The summed E-state index contributed by atoms with van der Waals surface area (Å²) in [5, 5.41) is 5.00. The highest BCUT2D eigenvalue weighted by atomic mass is 35.5. The maximum atomic E-state index is 12.2. The predicted octanol–water partition coefficient (Wildman–Crippen LogP) is 2.42. The molecular weight excluding hydrogens is 352 g/mol. The quantitative estimate of drug-likeness (QED) is 0.434. The Morgan fingerprint density at radius 2 is 2.08 bits per heavy atom. The molecule has 0 unspecified atom stereocenters. The second kappa shape index (κ2) is 6.66. The summed E-state index contributed by atoms with van der Waals surface area (Å²) >= 11 is 7.01. The molecule has 2 heterocycles. The average Bonchev–Trinajstić information content (AvgIpc) is 2.99. The highest BCUT2D eigenvalue weighted by molar-refractivity contribution is 8.00. The topological polar surface area (TPSA) is 89.9 Å². The van der Waals surface area contributed by atoms with Crippen molar-refractivity contribution in [2.45, 2.75) is 17.3 Å². The van der Waals surface area contributed by atoms with Crippen LogP contribution in [0, 0.1) is 0 Å². The lowest BCUT2D eigenvalue weighted by molar-refractivity contribution is -0.139. The Bertz CT molecular complexity index is 952. The number of ether oxygens (including phenoxy) is 1. The minimum atomic E-state index is -0.498. The van der Waals surface area contributed by atoms with Crippen LogP contribution in [-0.2, 0) is 9.53 Å². The van der Waals surface area contributed by atoms with Crippen molar-refractivity contribution in [3.05, 3.63) is 45.8 Å². The number of hydrogen-bond donors (Lipinski definition) is 1. The number of thioether (sulfide) groups is 1. The molecule has 0 aliphatic carbocycles. The van der Waals surface area contributed by atoms with Crippen molar-refractivity contribution in [3.8, 4) is 5.69 Å². The van der Waals surface area contributed by atoms with Gasteiger partial charge in [-0.15, -0.1) is 0 Å². The van der Waals surface area contributed by atoms with Crippen LogP contribution in [0.15, 0.2) is 40.4 Å². The maximum Gasteiger partial charge on any atom is 0.318 e. The molecule has 0 aliphatic rings. The van der Waals surface area contributed by atoms with Gasteiger partial charge in [0.15, 0.2) is 10.8 Å². The smallest absolute Gasteiger partial charge is 0.318 e. The number of carbonyl (C=O) groups is 1. The zero-order valence-corrected chi connectivity index (χ0v) is 14.4. The molecule has 0 bridgehead atoms. The molecule has 1 atom stereocenters. The highest BCUT2D eigenvalue weighted by Gasteiger charge is 2.18. The summed E-state index contributed by atoms with van der Waals surface area (Å²) in [6.45, 7) is 1.68. The molecule has 0 saturated carbocycles. The molecule has 124 valence electrons. The van der Waals surface area contributed by atoms with Crippen LogP contribution in [0.1, 0.15) is 6.92 Å². The van der Waals surface area contributed by atoms with Crippen molar-refractivity contribution < 1.29 is 9.53 Å².